The second-order valence-electron chi connectivity index (χ2n) is 4.13. The Morgan fingerprint density at radius 3 is 2.79 bits per heavy atom. The number of ether oxygens (including phenoxy) is 1. The van der Waals surface area contributed by atoms with Crippen LogP contribution in [0.15, 0.2) is 24.4 Å². The predicted molar refractivity (Wildman–Crippen MR) is 70.1 cm³/mol. The van der Waals surface area contributed by atoms with Crippen LogP contribution in [0.3, 0.4) is 0 Å². The molecule has 7 heteroatoms. The molecule has 0 unspecified atom stereocenters. The molecule has 0 aliphatic heterocycles. The van der Waals surface area contributed by atoms with Crippen LogP contribution in [0.5, 0.6) is 5.75 Å². The standard InChI is InChI=1S/C12H14N4O3/c1-8-5-9(3-4-11(8)19-2)7-15-12(13)10(6-14-15)16(17)18/h3-6H,7,13H2,1-2H3. The number of hydrogen-bond acceptors (Lipinski definition) is 5. The highest BCUT2D eigenvalue weighted by Gasteiger charge is 2.17. The summed E-state index contributed by atoms with van der Waals surface area (Å²) in [6.45, 7) is 2.31. The van der Waals surface area contributed by atoms with E-state index in [0.29, 0.717) is 6.54 Å². The van der Waals surface area contributed by atoms with Crippen LogP contribution >= 0.6 is 0 Å². The molecular weight excluding hydrogens is 248 g/mol. The van der Waals surface area contributed by atoms with Crippen LogP contribution in [0, 0.1) is 17.0 Å². The van der Waals surface area contributed by atoms with Crippen LogP contribution in [0.1, 0.15) is 11.1 Å². The molecule has 100 valence electrons. The first-order chi connectivity index (χ1) is 9.02. The first-order valence-electron chi connectivity index (χ1n) is 5.62. The number of nitrogens with two attached hydrogens (primary N) is 1. The third-order valence-corrected chi connectivity index (χ3v) is 2.85. The quantitative estimate of drug-likeness (QED) is 0.668. The lowest BCUT2D eigenvalue weighted by Crippen LogP contribution is -2.07. The Balaban J connectivity index is 2.26. The fraction of sp³-hybridized carbons (Fsp3) is 0.250. The van der Waals surface area contributed by atoms with E-state index in [1.54, 1.807) is 7.11 Å². The Hall–Kier alpha value is -2.57. The Morgan fingerprint density at radius 1 is 1.53 bits per heavy atom. The van der Waals surface area contributed by atoms with Crippen LogP contribution in [0.4, 0.5) is 11.5 Å². The van der Waals surface area contributed by atoms with Crippen molar-refractivity contribution in [3.8, 4) is 5.75 Å². The van der Waals surface area contributed by atoms with Crippen molar-refractivity contribution in [2.75, 3.05) is 12.8 Å². The first kappa shape index (κ1) is 12.9. The van der Waals surface area contributed by atoms with Crippen molar-refractivity contribution in [2.45, 2.75) is 13.5 Å². The monoisotopic (exact) mass is 262 g/mol. The van der Waals surface area contributed by atoms with Gasteiger partial charge in [0.1, 0.15) is 11.9 Å². The maximum Gasteiger partial charge on any atom is 0.330 e. The maximum atomic E-state index is 10.7. The Labute approximate surface area is 109 Å². The van der Waals surface area contributed by atoms with Crippen molar-refractivity contribution in [1.82, 2.24) is 9.78 Å². The maximum absolute atomic E-state index is 10.7. The van der Waals surface area contributed by atoms with Crippen LogP contribution < -0.4 is 10.5 Å². The van der Waals surface area contributed by atoms with Gasteiger partial charge in [-0.25, -0.2) is 4.68 Å². The van der Waals surface area contributed by atoms with Gasteiger partial charge in [0.2, 0.25) is 5.82 Å². The summed E-state index contributed by atoms with van der Waals surface area (Å²) in [5.74, 6) is 0.849. The number of rotatable bonds is 4. The average molecular weight is 262 g/mol. The number of nitrogen functional groups attached to an aromatic ring is 1. The van der Waals surface area contributed by atoms with Gasteiger partial charge in [-0.1, -0.05) is 12.1 Å². The lowest BCUT2D eigenvalue weighted by atomic mass is 10.1. The molecule has 2 rings (SSSR count). The summed E-state index contributed by atoms with van der Waals surface area (Å²) in [6, 6.07) is 5.66. The third kappa shape index (κ3) is 2.49. The molecule has 1 aromatic heterocycles. The lowest BCUT2D eigenvalue weighted by molar-refractivity contribution is -0.384. The van der Waals surface area contributed by atoms with Crippen molar-refractivity contribution in [1.29, 1.82) is 0 Å². The van der Waals surface area contributed by atoms with E-state index >= 15 is 0 Å². The highest BCUT2D eigenvalue weighted by Crippen LogP contribution is 2.23. The van der Waals surface area contributed by atoms with Gasteiger partial charge in [0.05, 0.1) is 18.6 Å². The zero-order chi connectivity index (χ0) is 14.0. The highest BCUT2D eigenvalue weighted by molar-refractivity contribution is 5.51. The first-order valence-corrected chi connectivity index (χ1v) is 5.62. The van der Waals surface area contributed by atoms with Crippen molar-refractivity contribution in [2.24, 2.45) is 0 Å². The molecule has 0 saturated heterocycles. The Morgan fingerprint density at radius 2 is 2.26 bits per heavy atom. The summed E-state index contributed by atoms with van der Waals surface area (Å²) < 4.78 is 6.58. The predicted octanol–water partition coefficient (Wildman–Crippen LogP) is 1.74. The van der Waals surface area contributed by atoms with E-state index < -0.39 is 4.92 Å². The second kappa shape index (κ2) is 4.97. The topological polar surface area (TPSA) is 96.2 Å². The molecule has 1 heterocycles. The van der Waals surface area contributed by atoms with Gasteiger partial charge in [0, 0.05) is 0 Å². The summed E-state index contributed by atoms with van der Waals surface area (Å²) in [4.78, 5) is 10.1. The van der Waals surface area contributed by atoms with E-state index in [9.17, 15) is 10.1 Å². The number of aromatic nitrogens is 2. The van der Waals surface area contributed by atoms with Gasteiger partial charge in [-0.2, -0.15) is 5.10 Å². The molecule has 0 amide bonds. The van der Waals surface area contributed by atoms with Gasteiger partial charge < -0.3 is 10.5 Å². The molecule has 0 bridgehead atoms. The molecule has 0 radical (unpaired) electrons. The number of hydrogen-bond donors (Lipinski definition) is 1. The smallest absolute Gasteiger partial charge is 0.330 e. The number of aryl methyl sites for hydroxylation is 1. The Bertz CT molecular complexity index is 621. The van der Waals surface area contributed by atoms with E-state index in [4.69, 9.17) is 10.5 Å². The van der Waals surface area contributed by atoms with Crippen molar-refractivity contribution >= 4 is 11.5 Å². The minimum absolute atomic E-state index is 0.0541. The summed E-state index contributed by atoms with van der Waals surface area (Å²) in [5, 5.41) is 14.6. The van der Waals surface area contributed by atoms with Gasteiger partial charge in [0.15, 0.2) is 0 Å². The van der Waals surface area contributed by atoms with Gasteiger partial charge in [0.25, 0.3) is 0 Å². The second-order valence-corrected chi connectivity index (χ2v) is 4.13. The van der Waals surface area contributed by atoms with Crippen molar-refractivity contribution in [3.05, 3.63) is 45.6 Å². The molecule has 0 aliphatic rings. The minimum atomic E-state index is -0.544. The molecule has 1 aromatic carbocycles. The molecule has 0 saturated carbocycles. The largest absolute Gasteiger partial charge is 0.496 e. The van der Waals surface area contributed by atoms with E-state index in [-0.39, 0.29) is 11.5 Å². The Kier molecular flexibility index (Phi) is 3.37. The summed E-state index contributed by atoms with van der Waals surface area (Å²) in [7, 11) is 1.61. The van der Waals surface area contributed by atoms with E-state index in [1.165, 1.54) is 4.68 Å². The number of nitro groups is 1. The fourth-order valence-electron chi connectivity index (χ4n) is 1.86. The van der Waals surface area contributed by atoms with Crippen LogP contribution in [-0.4, -0.2) is 21.8 Å². The fourth-order valence-corrected chi connectivity index (χ4v) is 1.86. The van der Waals surface area contributed by atoms with Crippen LogP contribution in [-0.2, 0) is 6.54 Å². The number of anilines is 1. The SMILES string of the molecule is COc1ccc(Cn2ncc([N+](=O)[O-])c2N)cc1C. The molecule has 0 fully saturated rings. The molecule has 0 atom stereocenters. The number of methoxy groups -OCH3 is 1. The molecule has 0 aliphatic carbocycles. The summed E-state index contributed by atoms with van der Waals surface area (Å²) in [5.41, 5.74) is 7.44. The molecule has 0 spiro atoms. The molecule has 2 N–H and O–H groups in total. The van der Waals surface area contributed by atoms with Gasteiger partial charge >= 0.3 is 5.69 Å². The van der Waals surface area contributed by atoms with Crippen molar-refractivity contribution < 1.29 is 9.66 Å². The minimum Gasteiger partial charge on any atom is -0.496 e. The van der Waals surface area contributed by atoms with Crippen LogP contribution in [0.2, 0.25) is 0 Å². The summed E-state index contributed by atoms with van der Waals surface area (Å²) in [6.07, 6.45) is 1.16. The van der Waals surface area contributed by atoms with Gasteiger partial charge in [-0.05, 0) is 24.1 Å². The molecular formula is C12H14N4O3. The normalized spacial score (nSPS) is 10.4. The van der Waals surface area contributed by atoms with Gasteiger partial charge in [-0.15, -0.1) is 0 Å². The number of benzene rings is 1. The molecule has 19 heavy (non-hydrogen) atoms. The number of nitrogens with zero attached hydrogens (tertiary/aromatic N) is 3. The van der Waals surface area contributed by atoms with Crippen LogP contribution in [0.25, 0.3) is 0 Å². The zero-order valence-electron chi connectivity index (χ0n) is 10.7. The third-order valence-electron chi connectivity index (χ3n) is 2.85. The lowest BCUT2D eigenvalue weighted by Gasteiger charge is -2.08. The average Bonchev–Trinajstić information content (AvgIpc) is 2.71. The van der Waals surface area contributed by atoms with Crippen molar-refractivity contribution in [3.63, 3.8) is 0 Å². The molecule has 2 aromatic rings. The van der Waals surface area contributed by atoms with Gasteiger partial charge in [-0.3, -0.25) is 10.1 Å². The van der Waals surface area contributed by atoms with E-state index in [0.717, 1.165) is 23.1 Å². The highest BCUT2D eigenvalue weighted by atomic mass is 16.6. The summed E-state index contributed by atoms with van der Waals surface area (Å²) >= 11 is 0. The van der Waals surface area contributed by atoms with E-state index in [1.807, 2.05) is 25.1 Å². The van der Waals surface area contributed by atoms with E-state index in [2.05, 4.69) is 5.10 Å². The zero-order valence-corrected chi connectivity index (χ0v) is 10.7. The molecule has 7 nitrogen and oxygen atoms in total.